The largest absolute Gasteiger partial charge is 0.368 e. The Morgan fingerprint density at radius 1 is 1.25 bits per heavy atom. The van der Waals surface area contributed by atoms with Crippen molar-refractivity contribution < 1.29 is 4.79 Å². The Morgan fingerprint density at radius 2 is 1.88 bits per heavy atom. The topological polar surface area (TPSA) is 46.3 Å². The lowest BCUT2D eigenvalue weighted by molar-refractivity contribution is -0.123. The van der Waals surface area contributed by atoms with Gasteiger partial charge in [-0.05, 0) is 5.56 Å². The molecule has 1 fully saturated rings. The summed E-state index contributed by atoms with van der Waals surface area (Å²) >= 11 is 1.93. The van der Waals surface area contributed by atoms with Crippen LogP contribution in [-0.2, 0) is 4.79 Å². The third-order valence-electron chi connectivity index (χ3n) is 2.80. The van der Waals surface area contributed by atoms with Crippen LogP contribution >= 0.6 is 11.8 Å². The number of carbonyl (C=O) groups is 1. The van der Waals surface area contributed by atoms with E-state index in [1.165, 1.54) is 0 Å². The second-order valence-corrected chi connectivity index (χ2v) is 5.09. The lowest BCUT2D eigenvalue weighted by atomic mass is 10.0. The van der Waals surface area contributed by atoms with Crippen molar-refractivity contribution >= 4 is 17.7 Å². The maximum absolute atomic E-state index is 11.6. The van der Waals surface area contributed by atoms with Gasteiger partial charge in [-0.2, -0.15) is 11.8 Å². The highest BCUT2D eigenvalue weighted by molar-refractivity contribution is 7.99. The van der Waals surface area contributed by atoms with Gasteiger partial charge in [0.05, 0.1) is 0 Å². The minimum absolute atomic E-state index is 0.252. The van der Waals surface area contributed by atoms with Gasteiger partial charge >= 0.3 is 0 Å². The molecule has 1 aromatic rings. The number of benzene rings is 1. The van der Waals surface area contributed by atoms with Gasteiger partial charge in [0.15, 0.2) is 0 Å². The molecule has 1 aliphatic heterocycles. The number of primary amides is 1. The second-order valence-electron chi connectivity index (χ2n) is 3.86. The summed E-state index contributed by atoms with van der Waals surface area (Å²) in [6.45, 7) is 1.88. The van der Waals surface area contributed by atoms with Gasteiger partial charge in [-0.25, -0.2) is 0 Å². The zero-order valence-electron chi connectivity index (χ0n) is 9.13. The van der Waals surface area contributed by atoms with Crippen LogP contribution in [0.25, 0.3) is 0 Å². The number of carbonyl (C=O) groups excluding carboxylic acids is 1. The summed E-state index contributed by atoms with van der Waals surface area (Å²) in [5, 5.41) is 0. The van der Waals surface area contributed by atoms with Crippen LogP contribution in [0.2, 0.25) is 0 Å². The Hall–Kier alpha value is -1.00. The fraction of sp³-hybridized carbons (Fsp3) is 0.417. The van der Waals surface area contributed by atoms with Gasteiger partial charge in [0.25, 0.3) is 0 Å². The van der Waals surface area contributed by atoms with E-state index in [4.69, 9.17) is 5.73 Å². The maximum atomic E-state index is 11.6. The van der Waals surface area contributed by atoms with Crippen molar-refractivity contribution in [3.63, 3.8) is 0 Å². The number of amides is 1. The molecular formula is C12H16N2OS. The molecule has 2 N–H and O–H groups in total. The van der Waals surface area contributed by atoms with E-state index in [9.17, 15) is 4.79 Å². The van der Waals surface area contributed by atoms with Crippen molar-refractivity contribution in [1.82, 2.24) is 4.90 Å². The molecule has 0 spiro atoms. The van der Waals surface area contributed by atoms with Gasteiger partial charge in [-0.1, -0.05) is 30.3 Å². The number of hydrogen-bond acceptors (Lipinski definition) is 3. The monoisotopic (exact) mass is 236 g/mol. The Morgan fingerprint density at radius 3 is 2.44 bits per heavy atom. The molecule has 1 unspecified atom stereocenters. The van der Waals surface area contributed by atoms with Gasteiger partial charge in [0, 0.05) is 24.6 Å². The molecule has 0 saturated carbocycles. The molecule has 0 radical (unpaired) electrons. The van der Waals surface area contributed by atoms with Crippen molar-refractivity contribution in [1.29, 1.82) is 0 Å². The standard InChI is InChI=1S/C12H16N2OS/c13-12(15)11(10-4-2-1-3-5-10)14-6-8-16-9-7-14/h1-5,11H,6-9H2,(H2,13,15). The van der Waals surface area contributed by atoms with Crippen molar-refractivity contribution in [3.05, 3.63) is 35.9 Å². The van der Waals surface area contributed by atoms with E-state index in [0.717, 1.165) is 30.2 Å². The van der Waals surface area contributed by atoms with Crippen LogP contribution in [-0.4, -0.2) is 35.4 Å². The molecule has 1 atom stereocenters. The first kappa shape index (κ1) is 11.5. The van der Waals surface area contributed by atoms with E-state index in [2.05, 4.69) is 4.90 Å². The summed E-state index contributed by atoms with van der Waals surface area (Å²) in [6.07, 6.45) is 0. The normalized spacial score (nSPS) is 19.2. The number of hydrogen-bond donors (Lipinski definition) is 1. The van der Waals surface area contributed by atoms with Crippen molar-refractivity contribution in [2.24, 2.45) is 5.73 Å². The van der Waals surface area contributed by atoms with Crippen LogP contribution in [0.1, 0.15) is 11.6 Å². The molecule has 1 aliphatic rings. The molecule has 0 aromatic heterocycles. The first-order chi connectivity index (χ1) is 7.79. The Kier molecular flexibility index (Phi) is 3.85. The average Bonchev–Trinajstić information content (AvgIpc) is 2.31. The summed E-state index contributed by atoms with van der Waals surface area (Å²) < 4.78 is 0. The summed E-state index contributed by atoms with van der Waals surface area (Å²) in [5.74, 6) is 1.91. The van der Waals surface area contributed by atoms with Gasteiger partial charge < -0.3 is 5.73 Å². The number of rotatable bonds is 3. The Labute approximate surface area is 100.0 Å². The van der Waals surface area contributed by atoms with Crippen LogP contribution in [0.15, 0.2) is 30.3 Å². The Bertz CT molecular complexity index is 349. The lowest BCUT2D eigenvalue weighted by Crippen LogP contribution is -2.42. The van der Waals surface area contributed by atoms with E-state index in [1.54, 1.807) is 0 Å². The first-order valence-corrected chi connectivity index (χ1v) is 6.60. The number of nitrogens with two attached hydrogens (primary N) is 1. The summed E-state index contributed by atoms with van der Waals surface area (Å²) in [7, 11) is 0. The number of nitrogens with zero attached hydrogens (tertiary/aromatic N) is 1. The highest BCUT2D eigenvalue weighted by atomic mass is 32.2. The molecule has 0 bridgehead atoms. The third kappa shape index (κ3) is 2.57. The Balaban J connectivity index is 2.20. The van der Waals surface area contributed by atoms with E-state index in [1.807, 2.05) is 42.1 Å². The third-order valence-corrected chi connectivity index (χ3v) is 3.74. The summed E-state index contributed by atoms with van der Waals surface area (Å²) in [5.41, 5.74) is 6.51. The predicted molar refractivity (Wildman–Crippen MR) is 67.3 cm³/mol. The zero-order valence-corrected chi connectivity index (χ0v) is 9.95. The smallest absolute Gasteiger partial charge is 0.239 e. The highest BCUT2D eigenvalue weighted by Gasteiger charge is 2.26. The molecule has 1 heterocycles. The zero-order chi connectivity index (χ0) is 11.4. The van der Waals surface area contributed by atoms with Gasteiger partial charge in [-0.15, -0.1) is 0 Å². The second kappa shape index (κ2) is 5.37. The summed E-state index contributed by atoms with van der Waals surface area (Å²) in [4.78, 5) is 13.7. The van der Waals surface area contributed by atoms with Crippen molar-refractivity contribution in [2.45, 2.75) is 6.04 Å². The van der Waals surface area contributed by atoms with Crippen LogP contribution < -0.4 is 5.73 Å². The van der Waals surface area contributed by atoms with Gasteiger partial charge in [0.2, 0.25) is 5.91 Å². The minimum Gasteiger partial charge on any atom is -0.368 e. The van der Waals surface area contributed by atoms with Crippen molar-refractivity contribution in [3.8, 4) is 0 Å². The molecule has 16 heavy (non-hydrogen) atoms. The van der Waals surface area contributed by atoms with E-state index >= 15 is 0 Å². The lowest BCUT2D eigenvalue weighted by Gasteiger charge is -2.32. The van der Waals surface area contributed by atoms with E-state index in [-0.39, 0.29) is 11.9 Å². The molecular weight excluding hydrogens is 220 g/mol. The van der Waals surface area contributed by atoms with Gasteiger partial charge in [-0.3, -0.25) is 9.69 Å². The first-order valence-electron chi connectivity index (χ1n) is 5.45. The molecule has 1 amide bonds. The molecule has 3 nitrogen and oxygen atoms in total. The average molecular weight is 236 g/mol. The van der Waals surface area contributed by atoms with E-state index < -0.39 is 0 Å². The van der Waals surface area contributed by atoms with Crippen LogP contribution in [0, 0.1) is 0 Å². The highest BCUT2D eigenvalue weighted by Crippen LogP contribution is 2.23. The molecule has 0 aliphatic carbocycles. The molecule has 2 rings (SSSR count). The minimum atomic E-state index is -0.262. The quantitative estimate of drug-likeness (QED) is 0.859. The molecule has 86 valence electrons. The SMILES string of the molecule is NC(=O)C(c1ccccc1)N1CCSCC1. The predicted octanol–water partition coefficient (Wildman–Crippen LogP) is 1.26. The molecule has 1 aromatic carbocycles. The van der Waals surface area contributed by atoms with Crippen LogP contribution in [0.3, 0.4) is 0 Å². The fourth-order valence-corrected chi connectivity index (χ4v) is 2.96. The van der Waals surface area contributed by atoms with E-state index in [0.29, 0.717) is 0 Å². The summed E-state index contributed by atoms with van der Waals surface area (Å²) in [6, 6.07) is 9.53. The molecule has 4 heteroatoms. The van der Waals surface area contributed by atoms with Crippen LogP contribution in [0.4, 0.5) is 0 Å². The fourth-order valence-electron chi connectivity index (χ4n) is 2.03. The number of thioether (sulfide) groups is 1. The van der Waals surface area contributed by atoms with Crippen LogP contribution in [0.5, 0.6) is 0 Å². The molecule has 1 saturated heterocycles. The van der Waals surface area contributed by atoms with Gasteiger partial charge in [0.1, 0.15) is 6.04 Å². The van der Waals surface area contributed by atoms with Crippen molar-refractivity contribution in [2.75, 3.05) is 24.6 Å². The maximum Gasteiger partial charge on any atom is 0.239 e.